The summed E-state index contributed by atoms with van der Waals surface area (Å²) in [6.07, 6.45) is 1.46. The van der Waals surface area contributed by atoms with Crippen LogP contribution in [0, 0.1) is 5.82 Å². The van der Waals surface area contributed by atoms with E-state index in [2.05, 4.69) is 14.7 Å². The van der Waals surface area contributed by atoms with Crippen LogP contribution >= 0.6 is 0 Å². The van der Waals surface area contributed by atoms with Crippen LogP contribution in [0.2, 0.25) is 0 Å². The molecule has 3 rings (SSSR count). The van der Waals surface area contributed by atoms with E-state index in [9.17, 15) is 22.9 Å². The quantitative estimate of drug-likeness (QED) is 0.475. The van der Waals surface area contributed by atoms with Gasteiger partial charge in [0.15, 0.2) is 11.6 Å². The Morgan fingerprint density at radius 1 is 1.26 bits per heavy atom. The van der Waals surface area contributed by atoms with E-state index >= 15 is 0 Å². The van der Waals surface area contributed by atoms with Crippen LogP contribution in [0.5, 0.6) is 5.75 Å². The molecule has 3 N–H and O–H groups in total. The predicted octanol–water partition coefficient (Wildman–Crippen LogP) is -0.371. The molecule has 0 saturated heterocycles. The lowest BCUT2D eigenvalue weighted by Crippen LogP contribution is -2.30. The molecule has 1 heterocycles. The SMILES string of the molecule is COc1cc(C=NCN=C2NS(=O)(=O)c3cc(B(O)O)ccc32)ccc1F. The number of hydrogen-bond donors (Lipinski definition) is 3. The molecule has 0 saturated carbocycles. The van der Waals surface area contributed by atoms with Crippen LogP contribution in [0.3, 0.4) is 0 Å². The smallest absolute Gasteiger partial charge is 0.488 e. The van der Waals surface area contributed by atoms with Crippen molar-refractivity contribution >= 4 is 34.7 Å². The summed E-state index contributed by atoms with van der Waals surface area (Å²) in [5.74, 6) is -0.290. The lowest BCUT2D eigenvalue weighted by molar-refractivity contribution is 0.386. The first kappa shape index (κ1) is 19.0. The summed E-state index contributed by atoms with van der Waals surface area (Å²) in [6.45, 7) is -0.0681. The maximum atomic E-state index is 13.4. The third-order valence-corrected chi connectivity index (χ3v) is 5.18. The van der Waals surface area contributed by atoms with E-state index in [-0.39, 0.29) is 28.6 Å². The van der Waals surface area contributed by atoms with Crippen molar-refractivity contribution < 1.29 is 27.6 Å². The number of halogens is 1. The topological polar surface area (TPSA) is 121 Å². The fraction of sp³-hybridized carbons (Fsp3) is 0.125. The third-order valence-electron chi connectivity index (χ3n) is 3.81. The van der Waals surface area contributed by atoms with Gasteiger partial charge in [-0.2, -0.15) is 0 Å². The van der Waals surface area contributed by atoms with Gasteiger partial charge in [-0.25, -0.2) is 17.8 Å². The average Bonchev–Trinajstić information content (AvgIpc) is 2.90. The van der Waals surface area contributed by atoms with Crippen molar-refractivity contribution in [1.82, 2.24) is 4.72 Å². The first-order chi connectivity index (χ1) is 12.8. The first-order valence-electron chi connectivity index (χ1n) is 7.73. The Hall–Kier alpha value is -2.76. The zero-order valence-corrected chi connectivity index (χ0v) is 14.9. The van der Waals surface area contributed by atoms with Crippen molar-refractivity contribution in [2.75, 3.05) is 13.8 Å². The maximum absolute atomic E-state index is 13.4. The number of methoxy groups -OCH3 is 1. The van der Waals surface area contributed by atoms with Crippen LogP contribution in [-0.4, -0.2) is 51.4 Å². The van der Waals surface area contributed by atoms with Crippen molar-refractivity contribution in [3.05, 3.63) is 53.3 Å². The molecule has 11 heteroatoms. The van der Waals surface area contributed by atoms with Crippen LogP contribution in [0.15, 0.2) is 51.3 Å². The van der Waals surface area contributed by atoms with E-state index in [1.165, 1.54) is 49.7 Å². The molecule has 0 atom stereocenters. The Bertz CT molecular complexity index is 1040. The zero-order valence-electron chi connectivity index (χ0n) is 14.1. The molecule has 140 valence electrons. The Labute approximate surface area is 155 Å². The van der Waals surface area contributed by atoms with Gasteiger partial charge in [0, 0.05) is 11.8 Å². The highest BCUT2D eigenvalue weighted by atomic mass is 32.2. The van der Waals surface area contributed by atoms with Gasteiger partial charge >= 0.3 is 7.12 Å². The maximum Gasteiger partial charge on any atom is 0.488 e. The highest BCUT2D eigenvalue weighted by molar-refractivity contribution is 7.90. The minimum atomic E-state index is -3.83. The molecule has 0 bridgehead atoms. The van der Waals surface area contributed by atoms with Crippen LogP contribution in [0.25, 0.3) is 0 Å². The van der Waals surface area contributed by atoms with Crippen molar-refractivity contribution in [2.45, 2.75) is 4.90 Å². The molecule has 0 fully saturated rings. The Morgan fingerprint density at radius 2 is 2.04 bits per heavy atom. The van der Waals surface area contributed by atoms with E-state index in [0.717, 1.165) is 0 Å². The summed E-state index contributed by atoms with van der Waals surface area (Å²) >= 11 is 0. The lowest BCUT2D eigenvalue weighted by Gasteiger charge is -2.02. The summed E-state index contributed by atoms with van der Waals surface area (Å²) in [4.78, 5) is 8.10. The Kier molecular flexibility index (Phi) is 5.26. The number of amidine groups is 1. The summed E-state index contributed by atoms with van der Waals surface area (Å²) in [6, 6.07) is 8.26. The van der Waals surface area contributed by atoms with E-state index < -0.39 is 23.0 Å². The lowest BCUT2D eigenvalue weighted by atomic mass is 9.80. The minimum Gasteiger partial charge on any atom is -0.494 e. The molecule has 0 unspecified atom stereocenters. The van der Waals surface area contributed by atoms with Crippen molar-refractivity contribution in [3.63, 3.8) is 0 Å². The molecule has 2 aromatic rings. The van der Waals surface area contributed by atoms with Gasteiger partial charge in [0.05, 0.1) is 12.0 Å². The van der Waals surface area contributed by atoms with Crippen LogP contribution in [0.1, 0.15) is 11.1 Å². The molecule has 0 spiro atoms. The van der Waals surface area contributed by atoms with Crippen molar-refractivity contribution in [3.8, 4) is 5.75 Å². The second kappa shape index (κ2) is 7.47. The normalized spacial score (nSPS) is 16.4. The van der Waals surface area contributed by atoms with E-state index in [0.29, 0.717) is 11.1 Å². The van der Waals surface area contributed by atoms with Gasteiger partial charge < -0.3 is 14.8 Å². The Balaban J connectivity index is 1.80. The van der Waals surface area contributed by atoms with Crippen LogP contribution in [0.4, 0.5) is 4.39 Å². The fourth-order valence-corrected chi connectivity index (χ4v) is 3.77. The van der Waals surface area contributed by atoms with Crippen molar-refractivity contribution in [2.24, 2.45) is 9.98 Å². The van der Waals surface area contributed by atoms with E-state index in [1.807, 2.05) is 0 Å². The zero-order chi connectivity index (χ0) is 19.6. The van der Waals surface area contributed by atoms with Gasteiger partial charge in [-0.15, -0.1) is 0 Å². The highest BCUT2D eigenvalue weighted by Crippen LogP contribution is 2.21. The number of benzene rings is 2. The van der Waals surface area contributed by atoms with Gasteiger partial charge in [0.2, 0.25) is 0 Å². The molecule has 0 amide bonds. The highest BCUT2D eigenvalue weighted by Gasteiger charge is 2.32. The van der Waals surface area contributed by atoms with Gasteiger partial charge in [0.1, 0.15) is 12.5 Å². The molecule has 1 aliphatic rings. The number of fused-ring (bicyclic) bond motifs is 1. The molecule has 0 radical (unpaired) electrons. The number of nitrogens with zero attached hydrogens (tertiary/aromatic N) is 2. The average molecular weight is 391 g/mol. The molecule has 8 nitrogen and oxygen atoms in total. The molecular weight excluding hydrogens is 376 g/mol. The largest absolute Gasteiger partial charge is 0.494 e. The van der Waals surface area contributed by atoms with Gasteiger partial charge in [-0.3, -0.25) is 9.71 Å². The first-order valence-corrected chi connectivity index (χ1v) is 9.21. The number of ether oxygens (including phenoxy) is 1. The van der Waals surface area contributed by atoms with Gasteiger partial charge in [0.25, 0.3) is 10.0 Å². The second-order valence-corrected chi connectivity index (χ2v) is 7.24. The molecule has 0 aliphatic carbocycles. The summed E-state index contributed by atoms with van der Waals surface area (Å²) < 4.78 is 44.9. The van der Waals surface area contributed by atoms with Crippen molar-refractivity contribution in [1.29, 1.82) is 0 Å². The fourth-order valence-electron chi connectivity index (χ4n) is 2.49. The number of rotatable bonds is 5. The summed E-state index contributed by atoms with van der Waals surface area (Å²) in [7, 11) is -4.24. The number of hydrogen-bond acceptors (Lipinski definition) is 7. The predicted molar refractivity (Wildman–Crippen MR) is 98.5 cm³/mol. The monoisotopic (exact) mass is 391 g/mol. The molecule has 27 heavy (non-hydrogen) atoms. The van der Waals surface area contributed by atoms with E-state index in [1.54, 1.807) is 0 Å². The van der Waals surface area contributed by atoms with Crippen LogP contribution in [-0.2, 0) is 10.0 Å². The summed E-state index contributed by atoms with van der Waals surface area (Å²) in [5, 5.41) is 18.4. The third kappa shape index (κ3) is 4.00. The van der Waals surface area contributed by atoms with Gasteiger partial charge in [-0.1, -0.05) is 18.2 Å². The molecular formula is C16H15BFN3O5S. The standard InChI is InChI=1S/C16H15BFN3O5S/c1-26-14-6-10(2-5-13(14)18)8-19-9-20-16-12-4-3-11(17(22)23)7-15(12)27(24,25)21-16/h2-8,22-23H,9H2,1H3,(H,20,21). The van der Waals surface area contributed by atoms with Gasteiger partial charge in [-0.05, 0) is 29.2 Å². The Morgan fingerprint density at radius 3 is 2.74 bits per heavy atom. The molecule has 0 aromatic heterocycles. The second-order valence-electron chi connectivity index (χ2n) is 5.59. The van der Waals surface area contributed by atoms with E-state index in [4.69, 9.17) is 4.74 Å². The number of sulfonamides is 1. The molecule has 1 aliphatic heterocycles. The number of aliphatic imine (C=N–C) groups is 2. The molecule has 2 aromatic carbocycles. The number of nitrogens with one attached hydrogen (secondary N) is 1. The minimum absolute atomic E-state index is 0.0589. The summed E-state index contributed by atoms with van der Waals surface area (Å²) in [5.41, 5.74) is 0.976. The van der Waals surface area contributed by atoms with Crippen LogP contribution < -0.4 is 14.9 Å².